The normalized spacial score (nSPS) is 13.9. The fourth-order valence-electron chi connectivity index (χ4n) is 3.18. The SMILES string of the molecule is COc1cc(/C=C/C(N)=O)ccc1OCc1ccc(F)cc1.O=C(O)C1CCCCC1. The van der Waals surface area contributed by atoms with Crippen LogP contribution in [0, 0.1) is 11.7 Å². The summed E-state index contributed by atoms with van der Waals surface area (Å²) < 4.78 is 23.8. The molecule has 1 aliphatic rings. The molecule has 0 atom stereocenters. The first-order chi connectivity index (χ1) is 14.9. The van der Waals surface area contributed by atoms with Crippen LogP contribution < -0.4 is 15.2 Å². The van der Waals surface area contributed by atoms with Crippen LogP contribution in [0.3, 0.4) is 0 Å². The number of hydrogen-bond donors (Lipinski definition) is 2. The van der Waals surface area contributed by atoms with Gasteiger partial charge in [0.25, 0.3) is 0 Å². The molecule has 7 heteroatoms. The van der Waals surface area contributed by atoms with Crippen LogP contribution in [0.1, 0.15) is 43.2 Å². The molecule has 0 spiro atoms. The number of hydrogen-bond acceptors (Lipinski definition) is 4. The monoisotopic (exact) mass is 429 g/mol. The Labute approximate surface area is 181 Å². The predicted molar refractivity (Wildman–Crippen MR) is 116 cm³/mol. The van der Waals surface area contributed by atoms with Gasteiger partial charge in [-0.1, -0.05) is 37.5 Å². The van der Waals surface area contributed by atoms with Crippen LogP contribution >= 0.6 is 0 Å². The van der Waals surface area contributed by atoms with E-state index in [-0.39, 0.29) is 11.7 Å². The summed E-state index contributed by atoms with van der Waals surface area (Å²) in [5.74, 6) is -0.340. The number of nitrogens with two attached hydrogens (primary N) is 1. The lowest BCUT2D eigenvalue weighted by Gasteiger charge is -2.16. The Morgan fingerprint density at radius 1 is 1.10 bits per heavy atom. The molecule has 0 radical (unpaired) electrons. The van der Waals surface area contributed by atoms with Gasteiger partial charge in [0.2, 0.25) is 5.91 Å². The topological polar surface area (TPSA) is 98.9 Å². The zero-order valence-corrected chi connectivity index (χ0v) is 17.6. The molecule has 0 saturated heterocycles. The van der Waals surface area contributed by atoms with E-state index < -0.39 is 11.9 Å². The van der Waals surface area contributed by atoms with Crippen LogP contribution in [-0.2, 0) is 16.2 Å². The number of halogens is 1. The average Bonchev–Trinajstić information content (AvgIpc) is 2.78. The van der Waals surface area contributed by atoms with Crippen molar-refractivity contribution in [2.75, 3.05) is 7.11 Å². The standard InChI is InChI=1S/C17H16FNO3.C7H12O2/c1-21-16-10-12(5-9-17(19)20)4-8-15(16)22-11-13-2-6-14(18)7-3-13;8-7(9)6-4-2-1-3-5-6/h2-10H,11H2,1H3,(H2,19,20);6H,1-5H2,(H,8,9)/b9-5+;. The molecule has 0 aliphatic heterocycles. The molecule has 1 saturated carbocycles. The van der Waals surface area contributed by atoms with Crippen LogP contribution in [0.4, 0.5) is 4.39 Å². The number of carboxylic acids is 1. The highest BCUT2D eigenvalue weighted by molar-refractivity contribution is 5.90. The molecule has 0 unspecified atom stereocenters. The first-order valence-electron chi connectivity index (χ1n) is 10.1. The third-order valence-corrected chi connectivity index (χ3v) is 4.89. The van der Waals surface area contributed by atoms with Crippen LogP contribution in [0.25, 0.3) is 6.08 Å². The molecule has 0 aromatic heterocycles. The number of aliphatic carboxylic acids is 1. The lowest BCUT2D eigenvalue weighted by atomic mass is 9.90. The van der Waals surface area contributed by atoms with E-state index in [0.717, 1.165) is 36.8 Å². The van der Waals surface area contributed by atoms with Gasteiger partial charge in [0.1, 0.15) is 12.4 Å². The second-order valence-electron chi connectivity index (χ2n) is 7.23. The molecule has 3 rings (SSSR count). The van der Waals surface area contributed by atoms with E-state index in [1.165, 1.54) is 31.7 Å². The van der Waals surface area contributed by atoms with Gasteiger partial charge in [-0.3, -0.25) is 9.59 Å². The summed E-state index contributed by atoms with van der Waals surface area (Å²) in [5, 5.41) is 8.54. The summed E-state index contributed by atoms with van der Waals surface area (Å²) in [6, 6.07) is 11.3. The minimum absolute atomic E-state index is 0.0289. The lowest BCUT2D eigenvalue weighted by Crippen LogP contribution is -2.16. The maximum Gasteiger partial charge on any atom is 0.306 e. The predicted octanol–water partition coefficient (Wildman–Crippen LogP) is 4.56. The highest BCUT2D eigenvalue weighted by Gasteiger charge is 2.19. The Kier molecular flexibility index (Phi) is 9.55. The third kappa shape index (κ3) is 8.50. The number of amides is 1. The van der Waals surface area contributed by atoms with Crippen molar-refractivity contribution in [3.63, 3.8) is 0 Å². The van der Waals surface area contributed by atoms with Gasteiger partial charge in [-0.05, 0) is 54.3 Å². The van der Waals surface area contributed by atoms with Gasteiger partial charge in [0, 0.05) is 6.08 Å². The maximum absolute atomic E-state index is 12.8. The number of carbonyl (C=O) groups excluding carboxylic acids is 1. The lowest BCUT2D eigenvalue weighted by molar-refractivity contribution is -0.142. The summed E-state index contributed by atoms with van der Waals surface area (Å²) in [4.78, 5) is 21.1. The highest BCUT2D eigenvalue weighted by Crippen LogP contribution is 2.29. The zero-order chi connectivity index (χ0) is 22.6. The Bertz CT molecular complexity index is 889. The minimum Gasteiger partial charge on any atom is -0.493 e. The molecular formula is C24H28FNO5. The van der Waals surface area contributed by atoms with Gasteiger partial charge < -0.3 is 20.3 Å². The third-order valence-electron chi connectivity index (χ3n) is 4.89. The van der Waals surface area contributed by atoms with E-state index in [4.69, 9.17) is 20.3 Å². The maximum atomic E-state index is 12.8. The molecule has 1 amide bonds. The van der Waals surface area contributed by atoms with Crippen molar-refractivity contribution in [3.05, 3.63) is 65.5 Å². The summed E-state index contributed by atoms with van der Waals surface area (Å²) in [5.41, 5.74) is 6.67. The Morgan fingerprint density at radius 3 is 2.32 bits per heavy atom. The molecule has 166 valence electrons. The number of benzene rings is 2. The number of carboxylic acid groups (broad SMARTS) is 1. The number of rotatable bonds is 7. The van der Waals surface area contributed by atoms with E-state index in [2.05, 4.69) is 0 Å². The Morgan fingerprint density at radius 2 is 1.77 bits per heavy atom. The van der Waals surface area contributed by atoms with Crippen molar-refractivity contribution in [3.8, 4) is 11.5 Å². The molecule has 2 aromatic carbocycles. The molecule has 0 bridgehead atoms. The van der Waals surface area contributed by atoms with Crippen molar-refractivity contribution in [2.24, 2.45) is 11.7 Å². The summed E-state index contributed by atoms with van der Waals surface area (Å²) in [7, 11) is 1.53. The molecule has 0 heterocycles. The summed E-state index contributed by atoms with van der Waals surface area (Å²) >= 11 is 0. The van der Waals surface area contributed by atoms with Gasteiger partial charge in [-0.2, -0.15) is 0 Å². The number of primary amides is 1. The van der Waals surface area contributed by atoms with Crippen molar-refractivity contribution >= 4 is 18.0 Å². The van der Waals surface area contributed by atoms with Gasteiger partial charge in [0.05, 0.1) is 13.0 Å². The van der Waals surface area contributed by atoms with Gasteiger partial charge in [0.15, 0.2) is 11.5 Å². The average molecular weight is 429 g/mol. The Balaban J connectivity index is 0.000000316. The Hall–Kier alpha value is -3.35. The van der Waals surface area contributed by atoms with E-state index in [0.29, 0.717) is 18.1 Å². The van der Waals surface area contributed by atoms with Crippen molar-refractivity contribution < 1.29 is 28.6 Å². The molecule has 31 heavy (non-hydrogen) atoms. The highest BCUT2D eigenvalue weighted by atomic mass is 19.1. The van der Waals surface area contributed by atoms with Crippen molar-refractivity contribution in [1.29, 1.82) is 0 Å². The minimum atomic E-state index is -0.602. The zero-order valence-electron chi connectivity index (χ0n) is 17.6. The fourth-order valence-corrected chi connectivity index (χ4v) is 3.18. The first-order valence-corrected chi connectivity index (χ1v) is 10.1. The first kappa shape index (κ1) is 23.9. The molecular weight excluding hydrogens is 401 g/mol. The fraction of sp³-hybridized carbons (Fsp3) is 0.333. The van der Waals surface area contributed by atoms with E-state index in [1.54, 1.807) is 36.4 Å². The quantitative estimate of drug-likeness (QED) is 0.629. The second kappa shape index (κ2) is 12.4. The molecule has 2 aromatic rings. The van der Waals surface area contributed by atoms with Crippen LogP contribution in [0.2, 0.25) is 0 Å². The van der Waals surface area contributed by atoms with Crippen molar-refractivity contribution in [1.82, 2.24) is 0 Å². The number of methoxy groups -OCH3 is 1. The van der Waals surface area contributed by atoms with Gasteiger partial charge in [-0.15, -0.1) is 0 Å². The van der Waals surface area contributed by atoms with Gasteiger partial charge in [-0.25, -0.2) is 4.39 Å². The van der Waals surface area contributed by atoms with E-state index in [1.807, 2.05) is 0 Å². The van der Waals surface area contributed by atoms with E-state index >= 15 is 0 Å². The smallest absolute Gasteiger partial charge is 0.306 e. The summed E-state index contributed by atoms with van der Waals surface area (Å²) in [6.45, 7) is 0.299. The second-order valence-corrected chi connectivity index (χ2v) is 7.23. The molecule has 1 aliphatic carbocycles. The summed E-state index contributed by atoms with van der Waals surface area (Å²) in [6.07, 6.45) is 8.10. The van der Waals surface area contributed by atoms with Crippen LogP contribution in [0.15, 0.2) is 48.5 Å². The largest absolute Gasteiger partial charge is 0.493 e. The van der Waals surface area contributed by atoms with Gasteiger partial charge >= 0.3 is 5.97 Å². The molecule has 3 N–H and O–H groups in total. The van der Waals surface area contributed by atoms with Crippen LogP contribution in [0.5, 0.6) is 11.5 Å². The molecule has 6 nitrogen and oxygen atoms in total. The van der Waals surface area contributed by atoms with E-state index in [9.17, 15) is 14.0 Å². The van der Waals surface area contributed by atoms with Crippen LogP contribution in [-0.4, -0.2) is 24.1 Å². The number of carbonyl (C=O) groups is 2. The van der Waals surface area contributed by atoms with Crippen molar-refractivity contribution in [2.45, 2.75) is 38.7 Å². The molecule has 1 fully saturated rings. The number of ether oxygens (including phenoxy) is 2.